The van der Waals surface area contributed by atoms with Crippen molar-refractivity contribution in [1.29, 1.82) is 0 Å². The van der Waals surface area contributed by atoms with Crippen LogP contribution in [0.4, 0.5) is 10.1 Å². The minimum absolute atomic E-state index is 0.133. The molecular weight excluding hydrogens is 297 g/mol. The average molecular weight is 310 g/mol. The third-order valence-corrected chi connectivity index (χ3v) is 3.21. The molecule has 2 aromatic carbocycles. The van der Waals surface area contributed by atoms with E-state index in [0.717, 1.165) is 6.07 Å². The Morgan fingerprint density at radius 2 is 1.71 bits per heavy atom. The van der Waals surface area contributed by atoms with Gasteiger partial charge in [-0.15, -0.1) is 0 Å². The summed E-state index contributed by atoms with van der Waals surface area (Å²) in [5.41, 5.74) is 5.94. The standard InChI is InChI=1S/C15H13ClFNO3/c1-20-13-6-9(11(17)7-14(13)21-2)15(19)10-5-8(16)3-4-12(10)18/h3-7H,18H2,1-2H3. The van der Waals surface area contributed by atoms with E-state index in [1.165, 1.54) is 32.4 Å². The second kappa shape index (κ2) is 6.01. The highest BCUT2D eigenvalue weighted by molar-refractivity contribution is 6.31. The van der Waals surface area contributed by atoms with Crippen molar-refractivity contribution in [3.63, 3.8) is 0 Å². The molecule has 0 unspecified atom stereocenters. The number of hydrogen-bond acceptors (Lipinski definition) is 4. The van der Waals surface area contributed by atoms with Crippen LogP contribution < -0.4 is 15.2 Å². The first kappa shape index (κ1) is 15.1. The monoisotopic (exact) mass is 309 g/mol. The Kier molecular flexibility index (Phi) is 4.33. The number of methoxy groups -OCH3 is 2. The van der Waals surface area contributed by atoms with Crippen molar-refractivity contribution in [3.8, 4) is 11.5 Å². The first-order valence-corrected chi connectivity index (χ1v) is 6.37. The summed E-state index contributed by atoms with van der Waals surface area (Å²) in [4.78, 5) is 12.4. The summed E-state index contributed by atoms with van der Waals surface area (Å²) in [5, 5.41) is 0.341. The van der Waals surface area contributed by atoms with Gasteiger partial charge in [0.1, 0.15) is 5.82 Å². The zero-order chi connectivity index (χ0) is 15.6. The van der Waals surface area contributed by atoms with Crippen LogP contribution in [-0.2, 0) is 0 Å². The fourth-order valence-corrected chi connectivity index (χ4v) is 2.07. The van der Waals surface area contributed by atoms with Gasteiger partial charge < -0.3 is 15.2 Å². The van der Waals surface area contributed by atoms with Crippen LogP contribution in [0.15, 0.2) is 30.3 Å². The first-order valence-electron chi connectivity index (χ1n) is 5.99. The average Bonchev–Trinajstić information content (AvgIpc) is 2.48. The van der Waals surface area contributed by atoms with E-state index in [9.17, 15) is 9.18 Å². The number of rotatable bonds is 4. The Balaban J connectivity index is 2.55. The van der Waals surface area contributed by atoms with Gasteiger partial charge in [0, 0.05) is 22.3 Å². The predicted octanol–water partition coefficient (Wildman–Crippen LogP) is 3.31. The molecule has 0 bridgehead atoms. The lowest BCUT2D eigenvalue weighted by molar-refractivity contribution is 0.103. The summed E-state index contributed by atoms with van der Waals surface area (Å²) in [5.74, 6) is -0.848. The third-order valence-electron chi connectivity index (χ3n) is 2.98. The molecular formula is C15H13ClFNO3. The normalized spacial score (nSPS) is 10.3. The van der Waals surface area contributed by atoms with Gasteiger partial charge in [0.25, 0.3) is 0 Å². The topological polar surface area (TPSA) is 61.5 Å². The van der Waals surface area contributed by atoms with E-state index in [1.807, 2.05) is 0 Å². The van der Waals surface area contributed by atoms with Gasteiger partial charge in [0.15, 0.2) is 17.3 Å². The molecule has 0 saturated heterocycles. The van der Waals surface area contributed by atoms with Gasteiger partial charge >= 0.3 is 0 Å². The number of carbonyl (C=O) groups excluding carboxylic acids is 1. The Morgan fingerprint density at radius 1 is 1.10 bits per heavy atom. The molecule has 4 nitrogen and oxygen atoms in total. The van der Waals surface area contributed by atoms with Crippen LogP contribution >= 0.6 is 11.6 Å². The molecule has 0 fully saturated rings. The highest BCUT2D eigenvalue weighted by Gasteiger charge is 2.20. The quantitative estimate of drug-likeness (QED) is 0.695. The fraction of sp³-hybridized carbons (Fsp3) is 0.133. The molecule has 0 atom stereocenters. The molecule has 0 saturated carbocycles. The SMILES string of the molecule is COc1cc(F)c(C(=O)c2cc(Cl)ccc2N)cc1OC. The minimum Gasteiger partial charge on any atom is -0.493 e. The van der Waals surface area contributed by atoms with Crippen LogP contribution in [0.25, 0.3) is 0 Å². The maximum Gasteiger partial charge on any atom is 0.198 e. The second-order valence-electron chi connectivity index (χ2n) is 4.25. The van der Waals surface area contributed by atoms with Crippen molar-refractivity contribution >= 4 is 23.1 Å². The van der Waals surface area contributed by atoms with Crippen molar-refractivity contribution in [3.05, 3.63) is 52.3 Å². The largest absolute Gasteiger partial charge is 0.493 e. The Morgan fingerprint density at radius 3 is 2.33 bits per heavy atom. The molecule has 0 heterocycles. The number of nitrogens with two attached hydrogens (primary N) is 1. The highest BCUT2D eigenvalue weighted by atomic mass is 35.5. The van der Waals surface area contributed by atoms with E-state index >= 15 is 0 Å². The second-order valence-corrected chi connectivity index (χ2v) is 4.68. The zero-order valence-corrected chi connectivity index (χ0v) is 12.2. The van der Waals surface area contributed by atoms with Crippen molar-refractivity contribution in [1.82, 2.24) is 0 Å². The smallest absolute Gasteiger partial charge is 0.198 e. The number of carbonyl (C=O) groups is 1. The molecule has 6 heteroatoms. The van der Waals surface area contributed by atoms with Crippen molar-refractivity contribution in [2.45, 2.75) is 0 Å². The lowest BCUT2D eigenvalue weighted by Gasteiger charge is -2.11. The van der Waals surface area contributed by atoms with Gasteiger partial charge in [-0.3, -0.25) is 4.79 Å². The zero-order valence-electron chi connectivity index (χ0n) is 11.4. The summed E-state index contributed by atoms with van der Waals surface area (Å²) < 4.78 is 24.1. The van der Waals surface area contributed by atoms with E-state index in [2.05, 4.69) is 0 Å². The molecule has 0 amide bonds. The highest BCUT2D eigenvalue weighted by Crippen LogP contribution is 2.32. The van der Waals surface area contributed by atoms with Gasteiger partial charge in [-0.25, -0.2) is 4.39 Å². The molecule has 0 aliphatic heterocycles. The van der Waals surface area contributed by atoms with E-state index in [-0.39, 0.29) is 28.3 Å². The maximum atomic E-state index is 14.1. The fourth-order valence-electron chi connectivity index (χ4n) is 1.90. The number of ketones is 1. The molecule has 0 aliphatic carbocycles. The van der Waals surface area contributed by atoms with E-state index in [4.69, 9.17) is 26.8 Å². The summed E-state index contributed by atoms with van der Waals surface area (Å²) in [6.45, 7) is 0. The van der Waals surface area contributed by atoms with Crippen LogP contribution in [0.1, 0.15) is 15.9 Å². The maximum absolute atomic E-state index is 14.1. The molecule has 2 N–H and O–H groups in total. The van der Waals surface area contributed by atoms with Crippen LogP contribution in [0.3, 0.4) is 0 Å². The Hall–Kier alpha value is -2.27. The molecule has 2 aromatic rings. The van der Waals surface area contributed by atoms with E-state index < -0.39 is 11.6 Å². The number of hydrogen-bond donors (Lipinski definition) is 1. The third kappa shape index (κ3) is 2.92. The number of halogens is 2. The van der Waals surface area contributed by atoms with Crippen molar-refractivity contribution in [2.75, 3.05) is 20.0 Å². The lowest BCUT2D eigenvalue weighted by Crippen LogP contribution is -2.08. The predicted molar refractivity (Wildman–Crippen MR) is 78.8 cm³/mol. The number of benzene rings is 2. The van der Waals surface area contributed by atoms with Crippen LogP contribution in [0, 0.1) is 5.82 Å². The van der Waals surface area contributed by atoms with Gasteiger partial charge in [0.05, 0.1) is 19.8 Å². The molecule has 21 heavy (non-hydrogen) atoms. The van der Waals surface area contributed by atoms with E-state index in [1.54, 1.807) is 6.07 Å². The number of ether oxygens (including phenoxy) is 2. The Labute approximate surface area is 126 Å². The first-order chi connectivity index (χ1) is 9.97. The van der Waals surface area contributed by atoms with Gasteiger partial charge in [0.2, 0.25) is 0 Å². The molecule has 0 aliphatic rings. The van der Waals surface area contributed by atoms with Gasteiger partial charge in [-0.05, 0) is 24.3 Å². The van der Waals surface area contributed by atoms with Gasteiger partial charge in [-0.2, -0.15) is 0 Å². The van der Waals surface area contributed by atoms with Gasteiger partial charge in [-0.1, -0.05) is 11.6 Å². The number of nitrogen functional groups attached to an aromatic ring is 1. The molecule has 0 radical (unpaired) electrons. The van der Waals surface area contributed by atoms with Crippen LogP contribution in [0.2, 0.25) is 5.02 Å². The van der Waals surface area contributed by atoms with Crippen molar-refractivity contribution < 1.29 is 18.7 Å². The number of anilines is 1. The summed E-state index contributed by atoms with van der Waals surface area (Å²) in [6.07, 6.45) is 0. The lowest BCUT2D eigenvalue weighted by atomic mass is 10.0. The summed E-state index contributed by atoms with van der Waals surface area (Å²) in [6, 6.07) is 6.81. The Bertz CT molecular complexity index is 704. The molecule has 0 aromatic heterocycles. The molecule has 0 spiro atoms. The summed E-state index contributed by atoms with van der Waals surface area (Å²) >= 11 is 5.85. The van der Waals surface area contributed by atoms with E-state index in [0.29, 0.717) is 5.02 Å². The van der Waals surface area contributed by atoms with Crippen molar-refractivity contribution in [2.24, 2.45) is 0 Å². The molecule has 110 valence electrons. The van der Waals surface area contributed by atoms with Crippen LogP contribution in [0.5, 0.6) is 11.5 Å². The summed E-state index contributed by atoms with van der Waals surface area (Å²) in [7, 11) is 2.78. The molecule has 2 rings (SSSR count). The minimum atomic E-state index is -0.725. The van der Waals surface area contributed by atoms with Crippen LogP contribution in [-0.4, -0.2) is 20.0 Å².